The Bertz CT molecular complexity index is 1870. The highest BCUT2D eigenvalue weighted by Gasteiger charge is 2.30. The van der Waals surface area contributed by atoms with Gasteiger partial charge in [0.2, 0.25) is 11.9 Å². The number of aromatic nitrogens is 3. The minimum Gasteiger partial charge on any atom is -0.378 e. The van der Waals surface area contributed by atoms with Gasteiger partial charge in [0.05, 0.1) is 30.9 Å². The van der Waals surface area contributed by atoms with E-state index in [1.807, 2.05) is 36.9 Å². The van der Waals surface area contributed by atoms with Crippen molar-refractivity contribution in [3.05, 3.63) is 75.2 Å². The smallest absolute Gasteiger partial charge is 0.260 e. The number of carbonyl (C=O) groups is 1. The molecule has 1 N–H and O–H groups in total. The number of halogens is 1. The molecule has 0 unspecified atom stereocenters. The van der Waals surface area contributed by atoms with E-state index in [0.29, 0.717) is 53.3 Å². The number of carbonyl (C=O) groups excluding carboxylic acids is 1. The number of amides is 1. The molecule has 4 aromatic rings. The van der Waals surface area contributed by atoms with Gasteiger partial charge in [-0.05, 0) is 62.1 Å². The molecule has 1 atom stereocenters. The number of pyridine rings is 1. The average molecular weight is 656 g/mol. The fourth-order valence-electron chi connectivity index (χ4n) is 7.31. The van der Waals surface area contributed by atoms with E-state index in [1.54, 1.807) is 16.8 Å². The molecule has 0 radical (unpaired) electrons. The molecule has 7 rings (SSSR count). The number of nitrogens with zero attached hydrogens (tertiary/aromatic N) is 6. The van der Waals surface area contributed by atoms with Gasteiger partial charge in [-0.15, -0.1) is 0 Å². The lowest BCUT2D eigenvalue weighted by atomic mass is 9.98. The van der Waals surface area contributed by atoms with Crippen molar-refractivity contribution in [3.63, 3.8) is 0 Å². The molecular formula is C36H42ClN7O3. The molecule has 10 nitrogen and oxygen atoms in total. The lowest BCUT2D eigenvalue weighted by molar-refractivity contribution is -0.132. The number of fused-ring (bicyclic) bond motifs is 1. The number of piperazine rings is 1. The number of hydrogen-bond donors (Lipinski definition) is 1. The van der Waals surface area contributed by atoms with Crippen LogP contribution in [0.1, 0.15) is 43.4 Å². The molecule has 2 aromatic heterocycles. The first-order valence-electron chi connectivity index (χ1n) is 16.7. The molecule has 11 heteroatoms. The van der Waals surface area contributed by atoms with E-state index in [1.165, 1.54) is 11.3 Å². The lowest BCUT2D eigenvalue weighted by Gasteiger charge is -2.43. The summed E-state index contributed by atoms with van der Waals surface area (Å²) in [5.41, 5.74) is 5.69. The number of benzene rings is 2. The van der Waals surface area contributed by atoms with Gasteiger partial charge in [0.1, 0.15) is 5.65 Å². The maximum absolute atomic E-state index is 14.5. The highest BCUT2D eigenvalue weighted by molar-refractivity contribution is 6.33. The number of piperidine rings is 1. The summed E-state index contributed by atoms with van der Waals surface area (Å²) in [5.74, 6) is 0.507. The summed E-state index contributed by atoms with van der Waals surface area (Å²) in [6.45, 7) is 12.9. The molecule has 0 bridgehead atoms. The Labute approximate surface area is 280 Å². The maximum atomic E-state index is 14.5. The molecule has 1 amide bonds. The first-order chi connectivity index (χ1) is 22.8. The fourth-order valence-corrected chi connectivity index (χ4v) is 7.54. The zero-order chi connectivity index (χ0) is 32.7. The number of ether oxygens (including phenoxy) is 1. The van der Waals surface area contributed by atoms with E-state index >= 15 is 0 Å². The Morgan fingerprint density at radius 1 is 1.04 bits per heavy atom. The topological polar surface area (TPSA) is 95.8 Å². The van der Waals surface area contributed by atoms with Gasteiger partial charge in [-0.1, -0.05) is 36.7 Å². The van der Waals surface area contributed by atoms with Gasteiger partial charge >= 0.3 is 0 Å². The van der Waals surface area contributed by atoms with E-state index < -0.39 is 0 Å². The van der Waals surface area contributed by atoms with Crippen molar-refractivity contribution in [2.75, 3.05) is 62.7 Å². The van der Waals surface area contributed by atoms with Crippen LogP contribution in [0.4, 0.5) is 17.3 Å². The number of anilines is 3. The van der Waals surface area contributed by atoms with Crippen LogP contribution in [0, 0.1) is 13.8 Å². The van der Waals surface area contributed by atoms with Gasteiger partial charge in [0.15, 0.2) is 0 Å². The molecule has 5 heterocycles. The van der Waals surface area contributed by atoms with Crippen molar-refractivity contribution >= 4 is 45.9 Å². The average Bonchev–Trinajstić information content (AvgIpc) is 3.05. The second-order valence-corrected chi connectivity index (χ2v) is 13.3. The molecule has 0 aliphatic carbocycles. The summed E-state index contributed by atoms with van der Waals surface area (Å²) in [4.78, 5) is 43.8. The molecule has 3 fully saturated rings. The van der Waals surface area contributed by atoms with E-state index in [4.69, 9.17) is 26.3 Å². The molecule has 3 aliphatic heterocycles. The Balaban J connectivity index is 1.22. The van der Waals surface area contributed by atoms with Gasteiger partial charge in [-0.3, -0.25) is 19.1 Å². The standard InChI is InChI=1S/C36H42ClN7O3/c1-4-32(45)43-13-7-8-26(20-43)44-34-29(24(3)33(35(44)46)28-9-5-6-10-30(28)37)19-38-36(40-34)39-25-11-12-31(23(2)18-25)42-16-14-41(15-17-42)27-21-47-22-27/h5-6,9-12,18-19,26-27H,4,7-8,13-17,20-22H2,1-3H3,(H,38,39,40)/t26-/m0/s1. The quantitative estimate of drug-likeness (QED) is 0.276. The third-order valence-electron chi connectivity index (χ3n) is 10.0. The van der Waals surface area contributed by atoms with Crippen molar-refractivity contribution in [2.45, 2.75) is 52.1 Å². The van der Waals surface area contributed by atoms with Gasteiger partial charge in [0, 0.05) is 79.2 Å². The van der Waals surface area contributed by atoms with Crippen LogP contribution in [-0.2, 0) is 9.53 Å². The molecule has 47 heavy (non-hydrogen) atoms. The van der Waals surface area contributed by atoms with Crippen LogP contribution >= 0.6 is 11.6 Å². The second kappa shape index (κ2) is 13.3. The Hall–Kier alpha value is -3.99. The van der Waals surface area contributed by atoms with Gasteiger partial charge < -0.3 is 19.9 Å². The fraction of sp³-hybridized carbons (Fsp3) is 0.444. The normalized spacial score (nSPS) is 19.2. The number of rotatable bonds is 7. The number of hydrogen-bond acceptors (Lipinski definition) is 8. The van der Waals surface area contributed by atoms with Crippen LogP contribution in [0.3, 0.4) is 0 Å². The molecule has 0 saturated carbocycles. The van der Waals surface area contributed by atoms with Crippen LogP contribution in [-0.4, -0.2) is 88.8 Å². The maximum Gasteiger partial charge on any atom is 0.260 e. The molecule has 0 spiro atoms. The summed E-state index contributed by atoms with van der Waals surface area (Å²) < 4.78 is 7.17. The third-order valence-corrected chi connectivity index (χ3v) is 10.3. The van der Waals surface area contributed by atoms with E-state index in [2.05, 4.69) is 40.2 Å². The highest BCUT2D eigenvalue weighted by Crippen LogP contribution is 2.34. The number of nitrogens with one attached hydrogen (secondary N) is 1. The summed E-state index contributed by atoms with van der Waals surface area (Å²) >= 11 is 6.64. The Kier molecular flexibility index (Phi) is 8.91. The largest absolute Gasteiger partial charge is 0.378 e. The highest BCUT2D eigenvalue weighted by atomic mass is 35.5. The van der Waals surface area contributed by atoms with Crippen molar-refractivity contribution in [1.82, 2.24) is 24.3 Å². The lowest BCUT2D eigenvalue weighted by Crippen LogP contribution is -2.56. The van der Waals surface area contributed by atoms with Crippen LogP contribution in [0.2, 0.25) is 5.02 Å². The van der Waals surface area contributed by atoms with Crippen molar-refractivity contribution in [2.24, 2.45) is 0 Å². The molecular weight excluding hydrogens is 614 g/mol. The monoisotopic (exact) mass is 655 g/mol. The summed E-state index contributed by atoms with van der Waals surface area (Å²) in [6.07, 6.45) is 3.80. The van der Waals surface area contributed by atoms with Crippen LogP contribution in [0.25, 0.3) is 22.2 Å². The van der Waals surface area contributed by atoms with Gasteiger partial charge in [-0.2, -0.15) is 4.98 Å². The molecule has 2 aromatic carbocycles. The van der Waals surface area contributed by atoms with Gasteiger partial charge in [-0.25, -0.2) is 4.98 Å². The Morgan fingerprint density at radius 3 is 2.53 bits per heavy atom. The molecule has 246 valence electrons. The molecule has 3 aliphatic rings. The minimum absolute atomic E-state index is 0.0936. The van der Waals surface area contributed by atoms with E-state index in [0.717, 1.165) is 68.9 Å². The van der Waals surface area contributed by atoms with E-state index in [9.17, 15) is 9.59 Å². The Morgan fingerprint density at radius 2 is 1.83 bits per heavy atom. The van der Waals surface area contributed by atoms with Crippen LogP contribution in [0.15, 0.2) is 53.5 Å². The summed E-state index contributed by atoms with van der Waals surface area (Å²) in [5, 5.41) is 4.69. The summed E-state index contributed by atoms with van der Waals surface area (Å²) in [6, 6.07) is 14.1. The van der Waals surface area contributed by atoms with Gasteiger partial charge in [0.25, 0.3) is 5.56 Å². The third kappa shape index (κ3) is 6.10. The number of likely N-dealkylation sites (tertiary alicyclic amines) is 1. The van der Waals surface area contributed by atoms with Crippen LogP contribution in [0.5, 0.6) is 0 Å². The second-order valence-electron chi connectivity index (χ2n) is 12.9. The first kappa shape index (κ1) is 31.6. The predicted molar refractivity (Wildman–Crippen MR) is 187 cm³/mol. The van der Waals surface area contributed by atoms with Crippen molar-refractivity contribution < 1.29 is 9.53 Å². The van der Waals surface area contributed by atoms with Crippen LogP contribution < -0.4 is 15.8 Å². The zero-order valence-corrected chi connectivity index (χ0v) is 28.1. The minimum atomic E-state index is -0.224. The zero-order valence-electron chi connectivity index (χ0n) is 27.3. The SMILES string of the molecule is CCC(=O)N1CCC[C@H](n2c(=O)c(-c3ccccc3Cl)c(C)c3cnc(Nc4ccc(N5CCN(C6COC6)CC5)c(C)c4)nc32)C1. The first-order valence-corrected chi connectivity index (χ1v) is 17.1. The van der Waals surface area contributed by atoms with Crippen molar-refractivity contribution in [1.29, 1.82) is 0 Å². The predicted octanol–water partition coefficient (Wildman–Crippen LogP) is 5.57. The molecule has 3 saturated heterocycles. The summed E-state index contributed by atoms with van der Waals surface area (Å²) in [7, 11) is 0. The number of aryl methyl sites for hydroxylation is 2. The van der Waals surface area contributed by atoms with E-state index in [-0.39, 0.29) is 17.5 Å². The van der Waals surface area contributed by atoms with Crippen molar-refractivity contribution in [3.8, 4) is 11.1 Å².